The van der Waals surface area contributed by atoms with Gasteiger partial charge in [0.05, 0.1) is 0 Å². The van der Waals surface area contributed by atoms with Gasteiger partial charge in [0.25, 0.3) is 0 Å². The number of likely N-dealkylation sites (N-methyl/N-ethyl adjacent to an activating group) is 1. The van der Waals surface area contributed by atoms with E-state index in [1.807, 2.05) is 6.08 Å². The van der Waals surface area contributed by atoms with Crippen molar-refractivity contribution < 1.29 is 0 Å². The normalized spacial score (nSPS) is 22.1. The number of unbranched alkanes of at least 4 members (excludes halogenated alkanes) is 3. The van der Waals surface area contributed by atoms with Crippen molar-refractivity contribution in [3.8, 4) is 0 Å². The third-order valence-electron chi connectivity index (χ3n) is 3.29. The minimum absolute atomic E-state index is 0.800. The van der Waals surface area contributed by atoms with Gasteiger partial charge < -0.3 is 5.32 Å². The second-order valence-electron chi connectivity index (χ2n) is 4.53. The lowest BCUT2D eigenvalue weighted by molar-refractivity contribution is 0.245. The van der Waals surface area contributed by atoms with Gasteiger partial charge in [0.2, 0.25) is 0 Å². The van der Waals surface area contributed by atoms with E-state index in [9.17, 15) is 0 Å². The Labute approximate surface area is 94.7 Å². The number of nitrogens with one attached hydrogen (secondary N) is 1. The molecule has 2 heteroatoms. The van der Waals surface area contributed by atoms with Gasteiger partial charge in [-0.3, -0.25) is 4.90 Å². The Morgan fingerprint density at radius 1 is 1.40 bits per heavy atom. The summed E-state index contributed by atoms with van der Waals surface area (Å²) in [5.41, 5.74) is 0. The van der Waals surface area contributed by atoms with E-state index in [0.29, 0.717) is 0 Å². The van der Waals surface area contributed by atoms with Gasteiger partial charge in [-0.2, -0.15) is 0 Å². The van der Waals surface area contributed by atoms with E-state index in [-0.39, 0.29) is 0 Å². The van der Waals surface area contributed by atoms with Gasteiger partial charge in [-0.1, -0.05) is 12.5 Å². The Kier molecular flexibility index (Phi) is 6.69. The van der Waals surface area contributed by atoms with Crippen molar-refractivity contribution in [3.63, 3.8) is 0 Å². The largest absolute Gasteiger partial charge is 0.318 e. The third-order valence-corrected chi connectivity index (χ3v) is 3.29. The number of nitrogens with zero attached hydrogens (tertiary/aromatic N) is 1. The maximum Gasteiger partial charge on any atom is 0.0220 e. The molecule has 0 saturated carbocycles. The van der Waals surface area contributed by atoms with Crippen LogP contribution in [0, 0.1) is 0 Å². The molecule has 0 amide bonds. The van der Waals surface area contributed by atoms with Crippen LogP contribution in [-0.2, 0) is 0 Å². The lowest BCUT2D eigenvalue weighted by Crippen LogP contribution is -2.37. The SMILES string of the molecule is C=CCCCCCN1CCCC1CNC. The van der Waals surface area contributed by atoms with Crippen LogP contribution in [0.3, 0.4) is 0 Å². The predicted molar refractivity (Wildman–Crippen MR) is 67.2 cm³/mol. The molecule has 2 nitrogen and oxygen atoms in total. The first-order valence-corrected chi connectivity index (χ1v) is 6.38. The van der Waals surface area contributed by atoms with Gasteiger partial charge in [-0.25, -0.2) is 0 Å². The number of hydrogen-bond donors (Lipinski definition) is 1. The lowest BCUT2D eigenvalue weighted by Gasteiger charge is -2.24. The number of likely N-dealkylation sites (tertiary alicyclic amines) is 1. The summed E-state index contributed by atoms with van der Waals surface area (Å²) >= 11 is 0. The standard InChI is InChI=1S/C13H26N2/c1-3-4-5-6-7-10-15-11-8-9-13(15)12-14-2/h3,13-14H,1,4-12H2,2H3. The molecule has 1 atom stereocenters. The van der Waals surface area contributed by atoms with Crippen LogP contribution in [0.5, 0.6) is 0 Å². The smallest absolute Gasteiger partial charge is 0.0220 e. The Morgan fingerprint density at radius 3 is 3.00 bits per heavy atom. The van der Waals surface area contributed by atoms with E-state index in [4.69, 9.17) is 0 Å². The highest BCUT2D eigenvalue weighted by molar-refractivity contribution is 4.80. The number of rotatable bonds is 8. The molecule has 1 saturated heterocycles. The molecule has 1 unspecified atom stereocenters. The van der Waals surface area contributed by atoms with Gasteiger partial charge in [-0.15, -0.1) is 6.58 Å². The summed E-state index contributed by atoms with van der Waals surface area (Å²) in [6.45, 7) is 7.52. The Hall–Kier alpha value is -0.340. The summed E-state index contributed by atoms with van der Waals surface area (Å²) < 4.78 is 0. The summed E-state index contributed by atoms with van der Waals surface area (Å²) in [7, 11) is 2.06. The van der Waals surface area contributed by atoms with Crippen molar-refractivity contribution in [2.24, 2.45) is 0 Å². The van der Waals surface area contributed by atoms with Crippen LogP contribution >= 0.6 is 0 Å². The molecule has 0 aliphatic carbocycles. The number of allylic oxidation sites excluding steroid dienone is 1. The zero-order valence-corrected chi connectivity index (χ0v) is 10.2. The highest BCUT2D eigenvalue weighted by Crippen LogP contribution is 2.17. The summed E-state index contributed by atoms with van der Waals surface area (Å²) in [6, 6.07) is 0.800. The molecular formula is C13H26N2. The van der Waals surface area contributed by atoms with E-state index in [1.165, 1.54) is 51.6 Å². The third kappa shape index (κ3) is 4.80. The molecule has 88 valence electrons. The Bertz CT molecular complexity index is 168. The van der Waals surface area contributed by atoms with Gasteiger partial charge in [0.15, 0.2) is 0 Å². The van der Waals surface area contributed by atoms with Crippen molar-refractivity contribution in [2.75, 3.05) is 26.7 Å². The fraction of sp³-hybridized carbons (Fsp3) is 0.846. The Morgan fingerprint density at radius 2 is 2.27 bits per heavy atom. The molecule has 1 N–H and O–H groups in total. The van der Waals surface area contributed by atoms with Crippen molar-refractivity contribution >= 4 is 0 Å². The van der Waals surface area contributed by atoms with Crippen molar-refractivity contribution in [3.05, 3.63) is 12.7 Å². The van der Waals surface area contributed by atoms with E-state index in [1.54, 1.807) is 0 Å². The summed E-state index contributed by atoms with van der Waals surface area (Å²) in [6.07, 6.45) is 10.0. The predicted octanol–water partition coefficient (Wildman–Crippen LogP) is 2.42. The van der Waals surface area contributed by atoms with Crippen LogP contribution in [0.2, 0.25) is 0 Å². The van der Waals surface area contributed by atoms with Gasteiger partial charge in [0.1, 0.15) is 0 Å². The van der Waals surface area contributed by atoms with Crippen LogP contribution in [0.4, 0.5) is 0 Å². The minimum atomic E-state index is 0.800. The van der Waals surface area contributed by atoms with Crippen LogP contribution in [0.1, 0.15) is 38.5 Å². The van der Waals surface area contributed by atoms with Gasteiger partial charge in [0, 0.05) is 12.6 Å². The van der Waals surface area contributed by atoms with Crippen molar-refractivity contribution in [1.29, 1.82) is 0 Å². The molecule has 0 bridgehead atoms. The molecule has 15 heavy (non-hydrogen) atoms. The summed E-state index contributed by atoms with van der Waals surface area (Å²) in [4.78, 5) is 2.66. The van der Waals surface area contributed by atoms with Crippen LogP contribution in [0.25, 0.3) is 0 Å². The molecule has 1 rings (SSSR count). The van der Waals surface area contributed by atoms with Crippen molar-refractivity contribution in [1.82, 2.24) is 10.2 Å². The maximum absolute atomic E-state index is 3.75. The molecule has 1 fully saturated rings. The fourth-order valence-electron chi connectivity index (χ4n) is 2.44. The quantitative estimate of drug-likeness (QED) is 0.489. The first-order valence-electron chi connectivity index (χ1n) is 6.38. The molecule has 0 radical (unpaired) electrons. The fourth-order valence-corrected chi connectivity index (χ4v) is 2.44. The maximum atomic E-state index is 3.75. The van der Waals surface area contributed by atoms with E-state index >= 15 is 0 Å². The van der Waals surface area contributed by atoms with E-state index in [2.05, 4.69) is 23.8 Å². The number of hydrogen-bond acceptors (Lipinski definition) is 2. The molecule has 0 aromatic heterocycles. The zero-order valence-electron chi connectivity index (χ0n) is 10.2. The van der Waals surface area contributed by atoms with Crippen LogP contribution < -0.4 is 5.32 Å². The lowest BCUT2D eigenvalue weighted by atomic mass is 10.1. The van der Waals surface area contributed by atoms with Crippen molar-refractivity contribution in [2.45, 2.75) is 44.6 Å². The molecule has 0 spiro atoms. The molecule has 0 aromatic rings. The molecule has 1 aliphatic heterocycles. The molecule has 1 heterocycles. The second kappa shape index (κ2) is 7.89. The monoisotopic (exact) mass is 210 g/mol. The Balaban J connectivity index is 2.06. The molecule has 1 aliphatic rings. The second-order valence-corrected chi connectivity index (χ2v) is 4.53. The van der Waals surface area contributed by atoms with Gasteiger partial charge >= 0.3 is 0 Å². The van der Waals surface area contributed by atoms with E-state index in [0.717, 1.165) is 12.6 Å². The topological polar surface area (TPSA) is 15.3 Å². The summed E-state index contributed by atoms with van der Waals surface area (Å²) in [5.74, 6) is 0. The van der Waals surface area contributed by atoms with Gasteiger partial charge in [-0.05, 0) is 52.2 Å². The van der Waals surface area contributed by atoms with Crippen LogP contribution in [0.15, 0.2) is 12.7 Å². The highest BCUT2D eigenvalue weighted by Gasteiger charge is 2.22. The highest BCUT2D eigenvalue weighted by atomic mass is 15.2. The van der Waals surface area contributed by atoms with E-state index < -0.39 is 0 Å². The first-order chi connectivity index (χ1) is 7.38. The molecule has 0 aromatic carbocycles. The minimum Gasteiger partial charge on any atom is -0.318 e. The zero-order chi connectivity index (χ0) is 10.9. The van der Waals surface area contributed by atoms with Crippen LogP contribution in [-0.4, -0.2) is 37.6 Å². The summed E-state index contributed by atoms with van der Waals surface area (Å²) in [5, 5.41) is 3.30. The first kappa shape index (κ1) is 12.7. The molecular weight excluding hydrogens is 184 g/mol. The average Bonchev–Trinajstić information content (AvgIpc) is 2.66. The average molecular weight is 210 g/mol.